The smallest absolute Gasteiger partial charge is 0.272 e. The number of benzene rings is 1. The standard InChI is InChI=1S/C25H25N7O3/c1-32(11-12-33)22(34)20-8-5-17(13-27-20)21-30-23(31-35-21)25(9-2-10-25)19-6-3-16(4-7-19)18-14-28-24(26)29-15-18/h3-8,13-15,33H,2,9-12H2,1H3,(H2,26,28,29). The number of aliphatic hydroxyl groups excluding tert-OH is 1. The number of carbonyl (C=O) groups is 1. The van der Waals surface area contributed by atoms with Gasteiger partial charge in [0, 0.05) is 37.7 Å². The molecule has 0 bridgehead atoms. The molecule has 0 atom stereocenters. The summed E-state index contributed by atoms with van der Waals surface area (Å²) in [6.07, 6.45) is 7.91. The predicted molar refractivity (Wildman–Crippen MR) is 128 cm³/mol. The minimum atomic E-state index is -0.297. The number of likely N-dealkylation sites (N-methyl/N-ethyl adjacent to an activating group) is 1. The van der Waals surface area contributed by atoms with Crippen molar-refractivity contribution in [3.8, 4) is 22.6 Å². The number of pyridine rings is 1. The van der Waals surface area contributed by atoms with Crippen LogP contribution in [0.25, 0.3) is 22.6 Å². The number of nitrogen functional groups attached to an aromatic ring is 1. The van der Waals surface area contributed by atoms with E-state index in [2.05, 4.69) is 32.2 Å². The zero-order chi connectivity index (χ0) is 24.4. The van der Waals surface area contributed by atoms with Gasteiger partial charge in [0.2, 0.25) is 5.95 Å². The third kappa shape index (κ3) is 4.24. The zero-order valence-corrected chi connectivity index (χ0v) is 19.3. The van der Waals surface area contributed by atoms with Crippen molar-refractivity contribution < 1.29 is 14.4 Å². The number of aromatic nitrogens is 5. The van der Waals surface area contributed by atoms with Crippen LogP contribution in [0.4, 0.5) is 5.95 Å². The van der Waals surface area contributed by atoms with E-state index < -0.39 is 0 Å². The van der Waals surface area contributed by atoms with Crippen molar-refractivity contribution in [3.05, 3.63) is 72.1 Å². The normalized spacial score (nSPS) is 14.3. The van der Waals surface area contributed by atoms with E-state index in [9.17, 15) is 4.79 Å². The second-order valence-corrected chi connectivity index (χ2v) is 8.65. The van der Waals surface area contributed by atoms with Crippen molar-refractivity contribution in [2.24, 2.45) is 0 Å². The molecule has 0 radical (unpaired) electrons. The van der Waals surface area contributed by atoms with Crippen LogP contribution in [-0.2, 0) is 5.41 Å². The first-order valence-electron chi connectivity index (χ1n) is 11.4. The summed E-state index contributed by atoms with van der Waals surface area (Å²) in [5.41, 5.74) is 9.24. The molecule has 1 aliphatic carbocycles. The number of nitrogens with two attached hydrogens (primary N) is 1. The average Bonchev–Trinajstić information content (AvgIpc) is 3.34. The van der Waals surface area contributed by atoms with Crippen LogP contribution in [0.3, 0.4) is 0 Å². The van der Waals surface area contributed by atoms with Crippen LogP contribution in [-0.4, -0.2) is 61.2 Å². The van der Waals surface area contributed by atoms with E-state index in [0.717, 1.165) is 36.0 Å². The highest BCUT2D eigenvalue weighted by Gasteiger charge is 2.44. The van der Waals surface area contributed by atoms with Crippen molar-refractivity contribution in [1.82, 2.24) is 30.0 Å². The first kappa shape index (κ1) is 22.6. The summed E-state index contributed by atoms with van der Waals surface area (Å²) in [6.45, 7) is 0.136. The van der Waals surface area contributed by atoms with Crippen LogP contribution in [0.15, 0.2) is 59.5 Å². The van der Waals surface area contributed by atoms with Gasteiger partial charge < -0.3 is 20.3 Å². The first-order chi connectivity index (χ1) is 17.0. The summed E-state index contributed by atoms with van der Waals surface area (Å²) in [5, 5.41) is 13.3. The second kappa shape index (κ2) is 9.22. The topological polar surface area (TPSA) is 144 Å². The summed E-state index contributed by atoms with van der Waals surface area (Å²) in [6, 6.07) is 11.6. The lowest BCUT2D eigenvalue weighted by atomic mass is 9.64. The lowest BCUT2D eigenvalue weighted by Crippen LogP contribution is -2.36. The molecule has 4 aromatic rings. The monoisotopic (exact) mass is 471 g/mol. The Kier molecular flexibility index (Phi) is 5.96. The molecule has 0 aliphatic heterocycles. The summed E-state index contributed by atoms with van der Waals surface area (Å²) in [7, 11) is 1.62. The summed E-state index contributed by atoms with van der Waals surface area (Å²) >= 11 is 0. The lowest BCUT2D eigenvalue weighted by molar-refractivity contribution is 0.0761. The largest absolute Gasteiger partial charge is 0.395 e. The molecule has 0 spiro atoms. The van der Waals surface area contributed by atoms with Crippen LogP contribution in [0, 0.1) is 0 Å². The predicted octanol–water partition coefficient (Wildman–Crippen LogP) is 2.71. The van der Waals surface area contributed by atoms with E-state index in [1.807, 2.05) is 12.1 Å². The SMILES string of the molecule is CN(CCO)C(=O)c1ccc(-c2nc(C3(c4ccc(-c5cnc(N)nc5)cc4)CCC3)no2)cn1. The maximum atomic E-state index is 12.3. The first-order valence-corrected chi connectivity index (χ1v) is 11.4. The molecule has 10 nitrogen and oxygen atoms in total. The number of rotatable bonds is 7. The van der Waals surface area contributed by atoms with Gasteiger partial charge in [0.15, 0.2) is 5.82 Å². The highest BCUT2D eigenvalue weighted by Crippen LogP contribution is 2.48. The number of nitrogens with zero attached hydrogens (tertiary/aromatic N) is 6. The Morgan fingerprint density at radius 1 is 1.03 bits per heavy atom. The van der Waals surface area contributed by atoms with Crippen molar-refractivity contribution >= 4 is 11.9 Å². The maximum absolute atomic E-state index is 12.3. The number of carbonyl (C=O) groups excluding carboxylic acids is 1. The quantitative estimate of drug-likeness (QED) is 0.415. The molecule has 5 rings (SSSR count). The number of anilines is 1. The summed E-state index contributed by atoms with van der Waals surface area (Å²) in [5.74, 6) is 0.985. The molecule has 35 heavy (non-hydrogen) atoms. The number of aliphatic hydroxyl groups is 1. The van der Waals surface area contributed by atoms with Gasteiger partial charge in [-0.15, -0.1) is 0 Å². The Bertz CT molecular complexity index is 1310. The van der Waals surface area contributed by atoms with E-state index in [1.54, 1.807) is 37.8 Å². The Hall–Kier alpha value is -4.18. The van der Waals surface area contributed by atoms with E-state index in [4.69, 9.17) is 20.3 Å². The van der Waals surface area contributed by atoms with E-state index >= 15 is 0 Å². The Balaban J connectivity index is 1.37. The van der Waals surface area contributed by atoms with Gasteiger partial charge >= 0.3 is 0 Å². The summed E-state index contributed by atoms with van der Waals surface area (Å²) < 4.78 is 5.59. The molecule has 1 fully saturated rings. The molecule has 178 valence electrons. The van der Waals surface area contributed by atoms with Crippen LogP contribution in [0.2, 0.25) is 0 Å². The molecule has 1 saturated carbocycles. The molecule has 3 aromatic heterocycles. The van der Waals surface area contributed by atoms with Gasteiger partial charge in [-0.1, -0.05) is 35.8 Å². The van der Waals surface area contributed by atoms with Crippen LogP contribution in [0.1, 0.15) is 41.1 Å². The van der Waals surface area contributed by atoms with E-state index in [1.165, 1.54) is 4.90 Å². The van der Waals surface area contributed by atoms with E-state index in [0.29, 0.717) is 17.3 Å². The van der Waals surface area contributed by atoms with Gasteiger partial charge in [0.25, 0.3) is 11.8 Å². The third-order valence-corrected chi connectivity index (χ3v) is 6.52. The molecule has 0 saturated heterocycles. The molecular weight excluding hydrogens is 446 g/mol. The molecule has 10 heteroatoms. The van der Waals surface area contributed by atoms with Gasteiger partial charge in [-0.25, -0.2) is 9.97 Å². The Morgan fingerprint density at radius 2 is 1.71 bits per heavy atom. The molecule has 3 N–H and O–H groups in total. The minimum Gasteiger partial charge on any atom is -0.395 e. The van der Waals surface area contributed by atoms with Crippen molar-refractivity contribution in [2.75, 3.05) is 25.9 Å². The fourth-order valence-corrected chi connectivity index (χ4v) is 4.27. The van der Waals surface area contributed by atoms with Crippen LogP contribution in [0.5, 0.6) is 0 Å². The van der Waals surface area contributed by atoms with Gasteiger partial charge in [-0.05, 0) is 36.1 Å². The number of hydrogen-bond donors (Lipinski definition) is 2. The van der Waals surface area contributed by atoms with Gasteiger partial charge in [-0.2, -0.15) is 4.98 Å². The van der Waals surface area contributed by atoms with Gasteiger partial charge in [-0.3, -0.25) is 9.78 Å². The Labute approximate surface area is 201 Å². The average molecular weight is 472 g/mol. The van der Waals surface area contributed by atoms with E-state index in [-0.39, 0.29) is 36.1 Å². The van der Waals surface area contributed by atoms with Crippen molar-refractivity contribution in [1.29, 1.82) is 0 Å². The third-order valence-electron chi connectivity index (χ3n) is 6.52. The highest BCUT2D eigenvalue weighted by atomic mass is 16.5. The fourth-order valence-electron chi connectivity index (χ4n) is 4.27. The van der Waals surface area contributed by atoms with Gasteiger partial charge in [0.05, 0.1) is 17.6 Å². The molecule has 1 amide bonds. The Morgan fingerprint density at radius 3 is 2.31 bits per heavy atom. The number of hydrogen-bond acceptors (Lipinski definition) is 9. The zero-order valence-electron chi connectivity index (χ0n) is 19.3. The highest BCUT2D eigenvalue weighted by molar-refractivity contribution is 5.92. The van der Waals surface area contributed by atoms with Crippen LogP contribution < -0.4 is 5.73 Å². The molecular formula is C25H25N7O3. The molecule has 1 aromatic carbocycles. The van der Waals surface area contributed by atoms with Crippen molar-refractivity contribution in [2.45, 2.75) is 24.7 Å². The molecule has 1 aliphatic rings. The van der Waals surface area contributed by atoms with Crippen LogP contribution >= 0.6 is 0 Å². The lowest BCUT2D eigenvalue weighted by Gasteiger charge is -2.39. The summed E-state index contributed by atoms with van der Waals surface area (Å²) in [4.78, 5) is 30.8. The number of amides is 1. The molecule has 0 unspecified atom stereocenters. The van der Waals surface area contributed by atoms with Gasteiger partial charge in [0.1, 0.15) is 5.69 Å². The fraction of sp³-hybridized carbons (Fsp3) is 0.280. The maximum Gasteiger partial charge on any atom is 0.272 e. The molecule has 3 heterocycles. The van der Waals surface area contributed by atoms with Crippen molar-refractivity contribution in [3.63, 3.8) is 0 Å². The minimum absolute atomic E-state index is 0.106. The second-order valence-electron chi connectivity index (χ2n) is 8.65.